The third-order valence-electron chi connectivity index (χ3n) is 6.18. The number of likely N-dealkylation sites (tertiary alicyclic amines) is 1. The Bertz CT molecular complexity index is 1050. The van der Waals surface area contributed by atoms with Gasteiger partial charge in [0.2, 0.25) is 0 Å². The summed E-state index contributed by atoms with van der Waals surface area (Å²) in [4.78, 5) is 26.2. The van der Waals surface area contributed by atoms with Crippen LogP contribution < -0.4 is 4.74 Å². The van der Waals surface area contributed by atoms with Crippen LogP contribution in [0.4, 0.5) is 0 Å². The second kappa shape index (κ2) is 10.3. The first kappa shape index (κ1) is 21.8. The van der Waals surface area contributed by atoms with E-state index in [4.69, 9.17) is 4.74 Å². The fourth-order valence-electron chi connectivity index (χ4n) is 4.35. The minimum atomic E-state index is -0.416. The van der Waals surface area contributed by atoms with Crippen LogP contribution in [0.5, 0.6) is 5.75 Å². The molecule has 0 N–H and O–H groups in total. The number of piperidine rings is 1. The number of esters is 1. The molecule has 4 heteroatoms. The van der Waals surface area contributed by atoms with Gasteiger partial charge in [-0.3, -0.25) is 9.59 Å². The zero-order valence-electron chi connectivity index (χ0n) is 18.5. The molecule has 1 aliphatic rings. The number of hydrogen-bond donors (Lipinski definition) is 0. The van der Waals surface area contributed by atoms with E-state index in [1.807, 2.05) is 11.0 Å². The third kappa shape index (κ3) is 5.44. The number of carbonyl (C=O) groups is 2. The van der Waals surface area contributed by atoms with Gasteiger partial charge in [-0.05, 0) is 60.4 Å². The molecule has 3 aromatic carbocycles. The Morgan fingerprint density at radius 3 is 2.16 bits per heavy atom. The van der Waals surface area contributed by atoms with Crippen LogP contribution in [0, 0.1) is 5.92 Å². The molecule has 0 atom stereocenters. The molecule has 0 unspecified atom stereocenters. The Labute approximate surface area is 189 Å². The van der Waals surface area contributed by atoms with E-state index < -0.39 is 5.97 Å². The van der Waals surface area contributed by atoms with E-state index in [9.17, 15) is 9.59 Å². The minimum Gasteiger partial charge on any atom is -0.426 e. The molecule has 0 aliphatic carbocycles. The van der Waals surface area contributed by atoms with Crippen molar-refractivity contribution in [2.24, 2.45) is 5.92 Å². The second-order valence-electron chi connectivity index (χ2n) is 8.43. The van der Waals surface area contributed by atoms with E-state index >= 15 is 0 Å². The van der Waals surface area contributed by atoms with Gasteiger partial charge < -0.3 is 9.64 Å². The molecule has 1 aliphatic heterocycles. The number of amides is 1. The number of aryl methyl sites for hydroxylation is 1. The normalized spacial score (nSPS) is 14.2. The van der Waals surface area contributed by atoms with Crippen molar-refractivity contribution in [3.05, 3.63) is 90.0 Å². The lowest BCUT2D eigenvalue weighted by Gasteiger charge is -2.32. The van der Waals surface area contributed by atoms with E-state index in [1.54, 1.807) is 24.3 Å². The first-order chi connectivity index (χ1) is 15.6. The lowest BCUT2D eigenvalue weighted by Crippen LogP contribution is -2.38. The lowest BCUT2D eigenvalue weighted by molar-refractivity contribution is -0.131. The van der Waals surface area contributed by atoms with E-state index in [-0.39, 0.29) is 5.91 Å². The van der Waals surface area contributed by atoms with Crippen LogP contribution in [0.3, 0.4) is 0 Å². The summed E-state index contributed by atoms with van der Waals surface area (Å²) in [5, 5.41) is 0. The van der Waals surface area contributed by atoms with E-state index in [1.165, 1.54) is 23.6 Å². The highest BCUT2D eigenvalue weighted by molar-refractivity contribution is 5.97. The molecule has 164 valence electrons. The zero-order chi connectivity index (χ0) is 22.3. The summed E-state index contributed by atoms with van der Waals surface area (Å²) < 4.78 is 5.22. The van der Waals surface area contributed by atoms with Gasteiger partial charge in [-0.25, -0.2) is 0 Å². The van der Waals surface area contributed by atoms with Gasteiger partial charge in [0.25, 0.3) is 5.91 Å². The molecule has 32 heavy (non-hydrogen) atoms. The van der Waals surface area contributed by atoms with Crippen LogP contribution in [0.25, 0.3) is 11.1 Å². The number of hydrogen-bond acceptors (Lipinski definition) is 3. The topological polar surface area (TPSA) is 46.6 Å². The molecule has 1 heterocycles. The van der Waals surface area contributed by atoms with E-state index in [2.05, 4.69) is 48.5 Å². The monoisotopic (exact) mass is 427 g/mol. The smallest absolute Gasteiger partial charge is 0.308 e. The molecule has 0 bridgehead atoms. The minimum absolute atomic E-state index is 0.0585. The summed E-state index contributed by atoms with van der Waals surface area (Å²) in [7, 11) is 0. The molecule has 4 nitrogen and oxygen atoms in total. The maximum Gasteiger partial charge on any atom is 0.308 e. The molecule has 1 amide bonds. The van der Waals surface area contributed by atoms with Crippen molar-refractivity contribution >= 4 is 11.9 Å². The molecule has 0 radical (unpaired) electrons. The van der Waals surface area contributed by atoms with Gasteiger partial charge in [-0.1, -0.05) is 66.7 Å². The van der Waals surface area contributed by atoms with Crippen molar-refractivity contribution in [2.75, 3.05) is 13.1 Å². The fraction of sp³-hybridized carbons (Fsp3) is 0.286. The molecule has 1 saturated heterocycles. The van der Waals surface area contributed by atoms with Gasteiger partial charge in [-0.2, -0.15) is 0 Å². The van der Waals surface area contributed by atoms with Gasteiger partial charge in [-0.15, -0.1) is 0 Å². The zero-order valence-corrected chi connectivity index (χ0v) is 18.5. The van der Waals surface area contributed by atoms with Crippen LogP contribution in [-0.2, 0) is 11.2 Å². The molecule has 0 saturated carbocycles. The average molecular weight is 428 g/mol. The summed E-state index contributed by atoms with van der Waals surface area (Å²) in [5.74, 6) is 0.486. The molecular formula is C28H29NO3. The van der Waals surface area contributed by atoms with Gasteiger partial charge in [0, 0.05) is 20.0 Å². The van der Waals surface area contributed by atoms with Crippen LogP contribution >= 0.6 is 0 Å². The molecule has 4 rings (SSSR count). The summed E-state index contributed by atoms with van der Waals surface area (Å²) in [6.45, 7) is 2.83. The maximum absolute atomic E-state index is 13.0. The Morgan fingerprint density at radius 2 is 1.47 bits per heavy atom. The summed E-state index contributed by atoms with van der Waals surface area (Å²) in [6.07, 6.45) is 4.20. The summed E-state index contributed by atoms with van der Waals surface area (Å²) in [5.41, 5.74) is 4.31. The third-order valence-corrected chi connectivity index (χ3v) is 6.18. The molecule has 3 aromatic rings. The molecule has 0 spiro atoms. The number of rotatable bonds is 6. The molecular weight excluding hydrogens is 398 g/mol. The predicted octanol–water partition coefficient (Wildman–Crippen LogP) is 5.76. The maximum atomic E-state index is 13.0. The number of para-hydroxylation sites is 1. The van der Waals surface area contributed by atoms with Crippen molar-refractivity contribution in [3.63, 3.8) is 0 Å². The van der Waals surface area contributed by atoms with Crippen molar-refractivity contribution in [2.45, 2.75) is 32.6 Å². The quantitative estimate of drug-likeness (QED) is 0.371. The molecule has 1 fully saturated rings. The Balaban J connectivity index is 1.28. The number of nitrogens with zero attached hydrogens (tertiary/aromatic N) is 1. The Hall–Kier alpha value is -3.40. The standard InChI is InChI=1S/C28H29NO3/c1-21(30)32-27-10-6-5-9-26(27)28(31)29-19-17-23(18-20-29)12-11-22-13-15-25(16-14-22)24-7-3-2-4-8-24/h2-10,13-16,23H,11-12,17-20H2,1H3. The highest BCUT2D eigenvalue weighted by Gasteiger charge is 2.25. The van der Waals surface area contributed by atoms with Crippen molar-refractivity contribution in [3.8, 4) is 16.9 Å². The first-order valence-corrected chi connectivity index (χ1v) is 11.3. The Morgan fingerprint density at radius 1 is 0.844 bits per heavy atom. The fourth-order valence-corrected chi connectivity index (χ4v) is 4.35. The predicted molar refractivity (Wildman–Crippen MR) is 127 cm³/mol. The van der Waals surface area contributed by atoms with Gasteiger partial charge >= 0.3 is 5.97 Å². The highest BCUT2D eigenvalue weighted by atomic mass is 16.5. The SMILES string of the molecule is CC(=O)Oc1ccccc1C(=O)N1CCC(CCc2ccc(-c3ccccc3)cc2)CC1. The van der Waals surface area contributed by atoms with Crippen molar-refractivity contribution < 1.29 is 14.3 Å². The van der Waals surface area contributed by atoms with E-state index in [0.717, 1.165) is 38.8 Å². The van der Waals surface area contributed by atoms with Gasteiger partial charge in [0.1, 0.15) is 5.75 Å². The number of benzene rings is 3. The number of ether oxygens (including phenoxy) is 1. The first-order valence-electron chi connectivity index (χ1n) is 11.3. The lowest BCUT2D eigenvalue weighted by atomic mass is 9.90. The largest absolute Gasteiger partial charge is 0.426 e. The van der Waals surface area contributed by atoms with Gasteiger partial charge in [0.05, 0.1) is 5.56 Å². The highest BCUT2D eigenvalue weighted by Crippen LogP contribution is 2.27. The van der Waals surface area contributed by atoms with Crippen LogP contribution in [0.15, 0.2) is 78.9 Å². The summed E-state index contributed by atoms with van der Waals surface area (Å²) >= 11 is 0. The van der Waals surface area contributed by atoms with Crippen LogP contribution in [0.1, 0.15) is 42.1 Å². The summed E-state index contributed by atoms with van der Waals surface area (Å²) in [6, 6.07) is 26.3. The second-order valence-corrected chi connectivity index (χ2v) is 8.43. The van der Waals surface area contributed by atoms with Crippen molar-refractivity contribution in [1.82, 2.24) is 4.90 Å². The van der Waals surface area contributed by atoms with E-state index in [0.29, 0.717) is 17.2 Å². The van der Waals surface area contributed by atoms with Crippen LogP contribution in [-0.4, -0.2) is 29.9 Å². The van der Waals surface area contributed by atoms with Crippen molar-refractivity contribution in [1.29, 1.82) is 0 Å². The molecule has 0 aromatic heterocycles. The Kier molecular flexibility index (Phi) is 7.00. The van der Waals surface area contributed by atoms with Crippen LogP contribution in [0.2, 0.25) is 0 Å². The van der Waals surface area contributed by atoms with Gasteiger partial charge in [0.15, 0.2) is 0 Å². The number of carbonyl (C=O) groups excluding carboxylic acids is 2. The average Bonchev–Trinajstić information content (AvgIpc) is 2.83.